The number of carboxylic acid groups (broad SMARTS) is 1. The fourth-order valence-corrected chi connectivity index (χ4v) is 3.86. The number of rotatable bonds is 13. The topological polar surface area (TPSA) is 166 Å². The number of amides is 3. The highest BCUT2D eigenvalue weighted by atomic mass is 16.4. The number of hydrogen-bond donors (Lipinski definition) is 6. The molecule has 3 amide bonds. The Labute approximate surface area is 211 Å². The minimum atomic E-state index is -1.18. The van der Waals surface area contributed by atoms with Crippen LogP contribution in [0, 0.1) is 11.8 Å². The molecule has 0 spiro atoms. The van der Waals surface area contributed by atoms with Crippen LogP contribution in [0.3, 0.4) is 0 Å². The molecule has 2 rings (SSSR count). The van der Waals surface area contributed by atoms with Crippen molar-refractivity contribution < 1.29 is 24.3 Å². The van der Waals surface area contributed by atoms with Crippen LogP contribution in [0.15, 0.2) is 30.5 Å². The fraction of sp³-hybridized carbons (Fsp3) is 0.538. The smallest absolute Gasteiger partial charge is 0.325 e. The first-order valence-corrected chi connectivity index (χ1v) is 12.4. The summed E-state index contributed by atoms with van der Waals surface area (Å²) in [4.78, 5) is 53.5. The van der Waals surface area contributed by atoms with Gasteiger partial charge in [-0.15, -0.1) is 0 Å². The number of benzene rings is 1. The lowest BCUT2D eigenvalue weighted by molar-refractivity contribution is -0.142. The van der Waals surface area contributed by atoms with E-state index in [9.17, 15) is 19.2 Å². The summed E-state index contributed by atoms with van der Waals surface area (Å²) < 4.78 is 0. The van der Waals surface area contributed by atoms with Crippen LogP contribution in [-0.2, 0) is 25.6 Å². The number of aromatic amines is 1. The second-order valence-electron chi connectivity index (χ2n) is 9.80. The van der Waals surface area contributed by atoms with Gasteiger partial charge in [0.1, 0.15) is 18.1 Å². The lowest BCUT2D eigenvalue weighted by Gasteiger charge is -2.26. The van der Waals surface area contributed by atoms with Crippen molar-refractivity contribution in [1.82, 2.24) is 20.9 Å². The highest BCUT2D eigenvalue weighted by molar-refractivity contribution is 5.94. The van der Waals surface area contributed by atoms with Crippen LogP contribution in [0.4, 0.5) is 0 Å². The highest BCUT2D eigenvalue weighted by Crippen LogP contribution is 2.19. The van der Waals surface area contributed by atoms with Crippen molar-refractivity contribution in [2.75, 3.05) is 0 Å². The van der Waals surface area contributed by atoms with E-state index in [1.807, 2.05) is 52.0 Å². The van der Waals surface area contributed by atoms with Gasteiger partial charge in [-0.25, -0.2) is 0 Å². The molecule has 7 N–H and O–H groups in total. The number of hydrogen-bond acceptors (Lipinski definition) is 5. The quantitative estimate of drug-likeness (QED) is 0.244. The summed E-state index contributed by atoms with van der Waals surface area (Å²) in [6.45, 7) is 8.93. The van der Waals surface area contributed by atoms with Gasteiger partial charge in [-0.3, -0.25) is 19.2 Å². The maximum atomic E-state index is 13.4. The molecule has 0 saturated carbocycles. The molecule has 36 heavy (non-hydrogen) atoms. The number of carboxylic acids is 1. The van der Waals surface area contributed by atoms with Gasteiger partial charge in [-0.2, -0.15) is 0 Å². The Morgan fingerprint density at radius 1 is 0.944 bits per heavy atom. The van der Waals surface area contributed by atoms with Gasteiger partial charge in [0.2, 0.25) is 17.7 Å². The Kier molecular flexibility index (Phi) is 10.5. The number of H-pyrrole nitrogens is 1. The second-order valence-corrected chi connectivity index (χ2v) is 9.80. The van der Waals surface area contributed by atoms with Crippen molar-refractivity contribution in [1.29, 1.82) is 0 Å². The van der Waals surface area contributed by atoms with E-state index < -0.39 is 47.9 Å². The molecule has 5 unspecified atom stereocenters. The number of nitrogens with two attached hydrogens (primary N) is 1. The summed E-state index contributed by atoms with van der Waals surface area (Å²) >= 11 is 0. The van der Waals surface area contributed by atoms with Gasteiger partial charge >= 0.3 is 5.97 Å². The molecule has 10 nitrogen and oxygen atoms in total. The summed E-state index contributed by atoms with van der Waals surface area (Å²) in [5.41, 5.74) is 7.84. The molecule has 0 fully saturated rings. The molecular formula is C26H39N5O5. The van der Waals surface area contributed by atoms with Crippen LogP contribution in [0.1, 0.15) is 53.0 Å². The Morgan fingerprint density at radius 2 is 1.56 bits per heavy atom. The standard InChI is InChI=1S/C26H39N5O5/c1-6-15(4)22(27)25(34)31-21(12-17-13-28-19-10-8-7-9-18(17)19)24(33)30-20(11-14(2)3)23(32)29-16(5)26(35)36/h7-10,13-16,20-22,28H,6,11-12,27H2,1-5H3,(H,29,32)(H,30,33)(H,31,34)(H,35,36). The maximum Gasteiger partial charge on any atom is 0.325 e. The van der Waals surface area contributed by atoms with E-state index in [0.29, 0.717) is 12.8 Å². The normalized spacial score (nSPS) is 15.5. The largest absolute Gasteiger partial charge is 0.480 e. The lowest BCUT2D eigenvalue weighted by atomic mass is 9.97. The fourth-order valence-electron chi connectivity index (χ4n) is 3.86. The molecule has 0 aliphatic carbocycles. The highest BCUT2D eigenvalue weighted by Gasteiger charge is 2.31. The summed E-state index contributed by atoms with van der Waals surface area (Å²) in [7, 11) is 0. The van der Waals surface area contributed by atoms with E-state index >= 15 is 0 Å². The average molecular weight is 502 g/mol. The third-order valence-corrected chi connectivity index (χ3v) is 6.36. The van der Waals surface area contributed by atoms with E-state index in [2.05, 4.69) is 20.9 Å². The Morgan fingerprint density at radius 3 is 2.17 bits per heavy atom. The minimum absolute atomic E-state index is 0.0432. The molecule has 0 radical (unpaired) electrons. The lowest BCUT2D eigenvalue weighted by Crippen LogP contribution is -2.58. The van der Waals surface area contributed by atoms with Gasteiger partial charge in [0.15, 0.2) is 0 Å². The van der Waals surface area contributed by atoms with Crippen molar-refractivity contribution in [2.45, 2.75) is 78.0 Å². The van der Waals surface area contributed by atoms with Crippen LogP contribution in [0.25, 0.3) is 10.9 Å². The van der Waals surface area contributed by atoms with Gasteiger partial charge in [-0.1, -0.05) is 52.3 Å². The number of aliphatic carboxylic acids is 1. The van der Waals surface area contributed by atoms with E-state index in [-0.39, 0.29) is 18.3 Å². The molecular weight excluding hydrogens is 462 g/mol. The van der Waals surface area contributed by atoms with Gasteiger partial charge < -0.3 is 31.8 Å². The summed E-state index contributed by atoms with van der Waals surface area (Å²) in [6, 6.07) is 3.75. The zero-order valence-electron chi connectivity index (χ0n) is 21.6. The monoisotopic (exact) mass is 501 g/mol. The molecule has 5 atom stereocenters. The van der Waals surface area contributed by atoms with Crippen molar-refractivity contribution in [3.63, 3.8) is 0 Å². The predicted molar refractivity (Wildman–Crippen MR) is 138 cm³/mol. The molecule has 0 bridgehead atoms. The van der Waals surface area contributed by atoms with Crippen molar-refractivity contribution >= 4 is 34.6 Å². The molecule has 0 aliphatic rings. The number of carbonyl (C=O) groups is 4. The first-order chi connectivity index (χ1) is 16.9. The van der Waals surface area contributed by atoms with Gasteiger partial charge in [0, 0.05) is 23.5 Å². The Bertz CT molecular complexity index is 1070. The molecule has 1 heterocycles. The maximum absolute atomic E-state index is 13.4. The number of nitrogens with one attached hydrogen (secondary N) is 4. The first-order valence-electron chi connectivity index (χ1n) is 12.4. The SMILES string of the molecule is CCC(C)C(N)C(=O)NC(Cc1c[nH]c2ccccc12)C(=O)NC(CC(C)C)C(=O)NC(C)C(=O)O. The van der Waals surface area contributed by atoms with E-state index in [1.165, 1.54) is 6.92 Å². The van der Waals surface area contributed by atoms with E-state index in [4.69, 9.17) is 10.8 Å². The summed E-state index contributed by atoms with van der Waals surface area (Å²) in [5.74, 6) is -2.81. The molecule has 0 aliphatic heterocycles. The van der Waals surface area contributed by atoms with Crippen molar-refractivity contribution in [2.24, 2.45) is 17.6 Å². The first kappa shape index (κ1) is 28.8. The third kappa shape index (κ3) is 7.81. The van der Waals surface area contributed by atoms with Crippen LogP contribution in [-0.4, -0.2) is 57.9 Å². The number of para-hydroxylation sites is 1. The third-order valence-electron chi connectivity index (χ3n) is 6.36. The Hall–Kier alpha value is -3.40. The molecule has 10 heteroatoms. The molecule has 0 saturated heterocycles. The second kappa shape index (κ2) is 13.1. The molecule has 198 valence electrons. The van der Waals surface area contributed by atoms with Crippen LogP contribution >= 0.6 is 0 Å². The summed E-state index contributed by atoms with van der Waals surface area (Å²) in [6.07, 6.45) is 2.96. The molecule has 1 aromatic carbocycles. The van der Waals surface area contributed by atoms with Crippen LogP contribution in [0.5, 0.6) is 0 Å². The van der Waals surface area contributed by atoms with Crippen LogP contribution in [0.2, 0.25) is 0 Å². The number of carbonyl (C=O) groups excluding carboxylic acids is 3. The summed E-state index contributed by atoms with van der Waals surface area (Å²) in [5, 5.41) is 18.0. The average Bonchev–Trinajstić information content (AvgIpc) is 3.24. The minimum Gasteiger partial charge on any atom is -0.480 e. The van der Waals surface area contributed by atoms with Gasteiger partial charge in [-0.05, 0) is 36.8 Å². The van der Waals surface area contributed by atoms with E-state index in [1.54, 1.807) is 6.20 Å². The zero-order chi connectivity index (χ0) is 27.0. The van der Waals surface area contributed by atoms with Crippen molar-refractivity contribution in [3.8, 4) is 0 Å². The Balaban J connectivity index is 2.30. The number of fused-ring (bicyclic) bond motifs is 1. The van der Waals surface area contributed by atoms with E-state index in [0.717, 1.165) is 16.5 Å². The van der Waals surface area contributed by atoms with Gasteiger partial charge in [0.25, 0.3) is 0 Å². The molecule has 1 aromatic heterocycles. The number of aromatic nitrogens is 1. The van der Waals surface area contributed by atoms with Crippen molar-refractivity contribution in [3.05, 3.63) is 36.0 Å². The zero-order valence-corrected chi connectivity index (χ0v) is 21.6. The van der Waals surface area contributed by atoms with Gasteiger partial charge in [0.05, 0.1) is 6.04 Å². The predicted octanol–water partition coefficient (Wildman–Crippen LogP) is 1.69. The molecule has 2 aromatic rings. The van der Waals surface area contributed by atoms with Crippen LogP contribution < -0.4 is 21.7 Å².